The standard InChI is InChI=1S/C19H14Cl2O5/c1-10-15(25-17(22)9-24-2)6-4-12-18(23)16(26-19(10)12)8-11-3-5-13(20)14(21)7-11/h3-8H,9H2,1-2H3/b16-8-. The first-order valence-electron chi connectivity index (χ1n) is 7.63. The third-order valence-electron chi connectivity index (χ3n) is 3.76. The maximum Gasteiger partial charge on any atom is 0.337 e. The number of ketones is 1. The molecule has 1 heterocycles. The van der Waals surface area contributed by atoms with Gasteiger partial charge < -0.3 is 14.2 Å². The number of methoxy groups -OCH3 is 1. The van der Waals surface area contributed by atoms with Crippen molar-refractivity contribution in [3.8, 4) is 11.5 Å². The van der Waals surface area contributed by atoms with Crippen molar-refractivity contribution in [1.82, 2.24) is 0 Å². The zero-order valence-corrected chi connectivity index (χ0v) is 15.5. The van der Waals surface area contributed by atoms with Crippen molar-refractivity contribution in [1.29, 1.82) is 0 Å². The van der Waals surface area contributed by atoms with Crippen molar-refractivity contribution in [2.24, 2.45) is 0 Å². The predicted molar refractivity (Wildman–Crippen MR) is 98.1 cm³/mol. The van der Waals surface area contributed by atoms with Gasteiger partial charge in [-0.3, -0.25) is 4.79 Å². The number of carbonyl (C=O) groups excluding carboxylic acids is 2. The van der Waals surface area contributed by atoms with Crippen molar-refractivity contribution in [3.05, 3.63) is 62.8 Å². The maximum absolute atomic E-state index is 12.6. The molecular formula is C19H14Cl2O5. The first-order valence-corrected chi connectivity index (χ1v) is 8.39. The fourth-order valence-electron chi connectivity index (χ4n) is 2.50. The summed E-state index contributed by atoms with van der Waals surface area (Å²) in [7, 11) is 1.40. The topological polar surface area (TPSA) is 61.8 Å². The lowest BCUT2D eigenvalue weighted by atomic mass is 10.1. The molecule has 1 aliphatic heterocycles. The van der Waals surface area contributed by atoms with Crippen molar-refractivity contribution >= 4 is 41.0 Å². The van der Waals surface area contributed by atoms with Crippen molar-refractivity contribution in [3.63, 3.8) is 0 Å². The second-order valence-corrected chi connectivity index (χ2v) is 6.40. The predicted octanol–water partition coefficient (Wildman–Crippen LogP) is 4.47. The minimum Gasteiger partial charge on any atom is -0.452 e. The molecule has 1 aliphatic rings. The van der Waals surface area contributed by atoms with Gasteiger partial charge in [-0.2, -0.15) is 0 Å². The Labute approximate surface area is 160 Å². The number of Topliss-reactive ketones (excluding diaryl/α,β-unsaturated/α-hetero) is 1. The molecule has 0 aliphatic carbocycles. The Hall–Kier alpha value is -2.34. The van der Waals surface area contributed by atoms with Crippen molar-refractivity contribution in [2.45, 2.75) is 6.92 Å². The smallest absolute Gasteiger partial charge is 0.337 e. The molecule has 2 aromatic carbocycles. The van der Waals surface area contributed by atoms with Gasteiger partial charge in [-0.25, -0.2) is 4.79 Å². The normalized spacial score (nSPS) is 14.3. The summed E-state index contributed by atoms with van der Waals surface area (Å²) in [6, 6.07) is 8.13. The molecule has 0 unspecified atom stereocenters. The van der Waals surface area contributed by atoms with Crippen LogP contribution in [-0.4, -0.2) is 25.5 Å². The van der Waals surface area contributed by atoms with E-state index in [0.717, 1.165) is 0 Å². The van der Waals surface area contributed by atoms with Gasteiger partial charge >= 0.3 is 5.97 Å². The molecule has 134 valence electrons. The van der Waals surface area contributed by atoms with Crippen LogP contribution >= 0.6 is 23.2 Å². The van der Waals surface area contributed by atoms with Crippen LogP contribution in [0.15, 0.2) is 36.1 Å². The van der Waals surface area contributed by atoms with E-state index in [9.17, 15) is 9.59 Å². The Morgan fingerprint density at radius 1 is 1.19 bits per heavy atom. The van der Waals surface area contributed by atoms with Gasteiger partial charge in [0.1, 0.15) is 18.1 Å². The van der Waals surface area contributed by atoms with E-state index in [1.807, 2.05) is 0 Å². The van der Waals surface area contributed by atoms with E-state index in [1.54, 1.807) is 43.3 Å². The first-order chi connectivity index (χ1) is 12.4. The highest BCUT2D eigenvalue weighted by Gasteiger charge is 2.30. The molecule has 0 saturated heterocycles. The lowest BCUT2D eigenvalue weighted by Gasteiger charge is -2.09. The molecule has 0 atom stereocenters. The van der Waals surface area contributed by atoms with Gasteiger partial charge in [0.15, 0.2) is 5.76 Å². The number of carbonyl (C=O) groups is 2. The third-order valence-corrected chi connectivity index (χ3v) is 4.50. The van der Waals surface area contributed by atoms with Gasteiger partial charge in [0.2, 0.25) is 5.78 Å². The summed E-state index contributed by atoms with van der Waals surface area (Å²) in [6.07, 6.45) is 1.58. The van der Waals surface area contributed by atoms with Gasteiger partial charge in [0.25, 0.3) is 0 Å². The number of allylic oxidation sites excluding steroid dienone is 1. The second-order valence-electron chi connectivity index (χ2n) is 5.59. The van der Waals surface area contributed by atoms with Gasteiger partial charge in [-0.1, -0.05) is 29.3 Å². The molecule has 0 radical (unpaired) electrons. The molecule has 5 nitrogen and oxygen atoms in total. The number of fused-ring (bicyclic) bond motifs is 1. The molecule has 2 aromatic rings. The molecule has 7 heteroatoms. The molecule has 0 bridgehead atoms. The molecule has 3 rings (SSSR count). The van der Waals surface area contributed by atoms with Crippen LogP contribution in [0.3, 0.4) is 0 Å². The zero-order valence-electron chi connectivity index (χ0n) is 14.0. The average molecular weight is 393 g/mol. The lowest BCUT2D eigenvalue weighted by molar-refractivity contribution is -0.138. The van der Waals surface area contributed by atoms with E-state index >= 15 is 0 Å². The molecule has 0 saturated carbocycles. The maximum atomic E-state index is 12.6. The molecule has 26 heavy (non-hydrogen) atoms. The highest BCUT2D eigenvalue weighted by atomic mass is 35.5. The molecule has 0 N–H and O–H groups in total. The van der Waals surface area contributed by atoms with Crippen LogP contribution < -0.4 is 9.47 Å². The van der Waals surface area contributed by atoms with E-state index in [4.69, 9.17) is 37.4 Å². The monoisotopic (exact) mass is 392 g/mol. The highest BCUT2D eigenvalue weighted by Crippen LogP contribution is 2.39. The summed E-state index contributed by atoms with van der Waals surface area (Å²) in [5.74, 6) is 0.0376. The Morgan fingerprint density at radius 3 is 2.65 bits per heavy atom. The minimum atomic E-state index is -0.536. The van der Waals surface area contributed by atoms with Crippen LogP contribution in [0.25, 0.3) is 6.08 Å². The van der Waals surface area contributed by atoms with Crippen LogP contribution in [0.5, 0.6) is 11.5 Å². The number of halogens is 2. The average Bonchev–Trinajstić information content (AvgIpc) is 2.91. The van der Waals surface area contributed by atoms with Gasteiger partial charge in [-0.15, -0.1) is 0 Å². The Bertz CT molecular complexity index is 934. The van der Waals surface area contributed by atoms with Crippen LogP contribution in [0, 0.1) is 6.92 Å². The number of ether oxygens (including phenoxy) is 3. The van der Waals surface area contributed by atoms with Gasteiger partial charge in [0.05, 0.1) is 15.6 Å². The van der Waals surface area contributed by atoms with E-state index < -0.39 is 5.97 Å². The summed E-state index contributed by atoms with van der Waals surface area (Å²) < 4.78 is 15.7. The zero-order chi connectivity index (χ0) is 18.8. The Balaban J connectivity index is 1.91. The molecule has 0 amide bonds. The second kappa shape index (κ2) is 7.50. The molecule has 0 spiro atoms. The van der Waals surface area contributed by atoms with Crippen LogP contribution in [0.1, 0.15) is 21.5 Å². The summed E-state index contributed by atoms with van der Waals surface area (Å²) in [5.41, 5.74) is 1.64. The van der Waals surface area contributed by atoms with E-state index in [2.05, 4.69) is 0 Å². The fraction of sp³-hybridized carbons (Fsp3) is 0.158. The summed E-state index contributed by atoms with van der Waals surface area (Å²) >= 11 is 11.9. The molecular weight excluding hydrogens is 379 g/mol. The minimum absolute atomic E-state index is 0.154. The van der Waals surface area contributed by atoms with Crippen LogP contribution in [-0.2, 0) is 9.53 Å². The summed E-state index contributed by atoms with van der Waals surface area (Å²) in [5, 5.41) is 0.807. The molecule has 0 fully saturated rings. The SMILES string of the molecule is COCC(=O)Oc1ccc2c(c1C)O/C(=C\c1ccc(Cl)c(Cl)c1)C2=O. The van der Waals surface area contributed by atoms with Gasteiger partial charge in [-0.05, 0) is 42.8 Å². The first kappa shape index (κ1) is 18.5. The Morgan fingerprint density at radius 2 is 1.96 bits per heavy atom. The number of benzene rings is 2. The largest absolute Gasteiger partial charge is 0.452 e. The highest BCUT2D eigenvalue weighted by molar-refractivity contribution is 6.42. The molecule has 0 aromatic heterocycles. The fourth-order valence-corrected chi connectivity index (χ4v) is 2.81. The Kier molecular flexibility index (Phi) is 5.32. The third kappa shape index (κ3) is 3.60. The number of hydrogen-bond acceptors (Lipinski definition) is 5. The summed E-state index contributed by atoms with van der Waals surface area (Å²) in [6.45, 7) is 1.54. The lowest BCUT2D eigenvalue weighted by Crippen LogP contribution is -2.14. The van der Waals surface area contributed by atoms with E-state index in [-0.39, 0.29) is 18.1 Å². The van der Waals surface area contributed by atoms with Crippen LogP contribution in [0.4, 0.5) is 0 Å². The van der Waals surface area contributed by atoms with E-state index in [0.29, 0.717) is 38.2 Å². The quantitative estimate of drug-likeness (QED) is 0.436. The van der Waals surface area contributed by atoms with E-state index in [1.165, 1.54) is 7.11 Å². The van der Waals surface area contributed by atoms with Crippen molar-refractivity contribution < 1.29 is 23.8 Å². The van der Waals surface area contributed by atoms with Crippen molar-refractivity contribution in [2.75, 3.05) is 13.7 Å². The number of hydrogen-bond donors (Lipinski definition) is 0. The number of esters is 1. The summed E-state index contributed by atoms with van der Waals surface area (Å²) in [4.78, 5) is 24.2. The van der Waals surface area contributed by atoms with Crippen LogP contribution in [0.2, 0.25) is 10.0 Å². The number of rotatable bonds is 4. The van der Waals surface area contributed by atoms with Gasteiger partial charge in [0, 0.05) is 12.7 Å².